The number of nitrogens with zero attached hydrogens (tertiary/aromatic N) is 3. The second-order valence-corrected chi connectivity index (χ2v) is 8.49. The van der Waals surface area contributed by atoms with Crippen LogP contribution in [0.2, 0.25) is 0 Å². The normalized spacial score (nSPS) is 17.5. The number of aryl methyl sites for hydroxylation is 1. The molecular weight excluding hydrogens is 400 g/mol. The summed E-state index contributed by atoms with van der Waals surface area (Å²) in [6.45, 7) is 3.85. The van der Waals surface area contributed by atoms with Gasteiger partial charge in [-0.1, -0.05) is 42.0 Å². The van der Waals surface area contributed by atoms with Gasteiger partial charge >= 0.3 is 6.09 Å². The Labute approximate surface area is 179 Å². The number of benzene rings is 2. The van der Waals surface area contributed by atoms with Crippen LogP contribution < -0.4 is 5.32 Å². The number of hydrogen-bond acceptors (Lipinski definition) is 5. The predicted octanol–water partition coefficient (Wildman–Crippen LogP) is 2.75. The van der Waals surface area contributed by atoms with E-state index in [9.17, 15) is 19.7 Å². The first-order valence-corrected chi connectivity index (χ1v) is 10.1. The largest absolute Gasteiger partial charge is 0.465 e. The highest BCUT2D eigenvalue weighted by Gasteiger charge is 2.55. The van der Waals surface area contributed by atoms with E-state index in [1.807, 2.05) is 31.2 Å². The molecule has 2 aromatic carbocycles. The van der Waals surface area contributed by atoms with Crippen LogP contribution in [-0.4, -0.2) is 64.1 Å². The van der Waals surface area contributed by atoms with E-state index < -0.39 is 17.1 Å². The zero-order valence-corrected chi connectivity index (χ0v) is 17.2. The van der Waals surface area contributed by atoms with Gasteiger partial charge in [0.25, 0.3) is 5.69 Å². The number of anilines is 1. The van der Waals surface area contributed by atoms with Gasteiger partial charge in [0.05, 0.1) is 4.92 Å². The Bertz CT molecular complexity index is 1010. The lowest BCUT2D eigenvalue weighted by Gasteiger charge is -2.59. The van der Waals surface area contributed by atoms with Crippen LogP contribution in [0, 0.1) is 22.5 Å². The molecule has 2 saturated heterocycles. The molecule has 2 aliphatic heterocycles. The number of rotatable bonds is 6. The average molecular weight is 424 g/mol. The average Bonchev–Trinajstić information content (AvgIpc) is 2.66. The van der Waals surface area contributed by atoms with E-state index in [4.69, 9.17) is 5.11 Å². The molecule has 0 radical (unpaired) electrons. The number of likely N-dealkylation sites (tertiary alicyclic amines) is 2. The van der Waals surface area contributed by atoms with E-state index in [2.05, 4.69) is 5.32 Å². The number of carbonyl (C=O) groups is 2. The van der Waals surface area contributed by atoms with Crippen molar-refractivity contribution in [3.05, 3.63) is 69.8 Å². The molecule has 1 unspecified atom stereocenters. The summed E-state index contributed by atoms with van der Waals surface area (Å²) >= 11 is 0. The van der Waals surface area contributed by atoms with Gasteiger partial charge in [0.1, 0.15) is 11.7 Å². The van der Waals surface area contributed by atoms with Crippen molar-refractivity contribution < 1.29 is 19.6 Å². The maximum absolute atomic E-state index is 13.3. The molecule has 162 valence electrons. The maximum Gasteiger partial charge on any atom is 0.407 e. The Kier molecular flexibility index (Phi) is 5.26. The van der Waals surface area contributed by atoms with Crippen LogP contribution in [0.1, 0.15) is 11.1 Å². The summed E-state index contributed by atoms with van der Waals surface area (Å²) < 4.78 is 0. The third-order valence-corrected chi connectivity index (χ3v) is 5.98. The van der Waals surface area contributed by atoms with E-state index >= 15 is 0 Å². The number of amides is 2. The van der Waals surface area contributed by atoms with Crippen LogP contribution >= 0.6 is 0 Å². The molecule has 0 aliphatic carbocycles. The van der Waals surface area contributed by atoms with Gasteiger partial charge in [-0.15, -0.1) is 0 Å². The van der Waals surface area contributed by atoms with E-state index in [0.29, 0.717) is 38.3 Å². The molecule has 2 aromatic rings. The minimum atomic E-state index is -0.939. The Morgan fingerprint density at radius 2 is 1.71 bits per heavy atom. The second kappa shape index (κ2) is 7.90. The molecule has 2 fully saturated rings. The van der Waals surface area contributed by atoms with Crippen molar-refractivity contribution in [1.29, 1.82) is 0 Å². The van der Waals surface area contributed by atoms with Gasteiger partial charge in [0, 0.05) is 44.1 Å². The van der Waals surface area contributed by atoms with Gasteiger partial charge < -0.3 is 20.2 Å². The van der Waals surface area contributed by atoms with Crippen LogP contribution in [0.15, 0.2) is 48.5 Å². The first-order chi connectivity index (χ1) is 14.8. The smallest absolute Gasteiger partial charge is 0.407 e. The fraction of sp³-hybridized carbons (Fsp3) is 0.364. The molecule has 1 atom stereocenters. The Morgan fingerprint density at radius 3 is 2.32 bits per heavy atom. The second-order valence-electron chi connectivity index (χ2n) is 8.49. The van der Waals surface area contributed by atoms with Gasteiger partial charge in [0.15, 0.2) is 0 Å². The lowest BCUT2D eigenvalue weighted by atomic mass is 9.72. The molecule has 1 spiro atoms. The third kappa shape index (κ3) is 4.16. The first-order valence-electron chi connectivity index (χ1n) is 10.1. The number of nitro groups is 1. The predicted molar refractivity (Wildman–Crippen MR) is 114 cm³/mol. The monoisotopic (exact) mass is 424 g/mol. The van der Waals surface area contributed by atoms with Crippen LogP contribution in [-0.2, 0) is 11.2 Å². The lowest BCUT2D eigenvalue weighted by Crippen LogP contribution is -2.74. The number of hydrogen-bond donors (Lipinski definition) is 2. The number of para-hydroxylation sites is 2. The van der Waals surface area contributed by atoms with Crippen LogP contribution in [0.5, 0.6) is 0 Å². The fourth-order valence-electron chi connectivity index (χ4n) is 4.34. The first kappa shape index (κ1) is 20.6. The van der Waals surface area contributed by atoms with Crippen molar-refractivity contribution in [2.24, 2.45) is 5.41 Å². The molecule has 0 bridgehead atoms. The van der Waals surface area contributed by atoms with Crippen LogP contribution in [0.4, 0.5) is 16.2 Å². The quantitative estimate of drug-likeness (QED) is 0.544. The summed E-state index contributed by atoms with van der Waals surface area (Å²) in [5.74, 6) is -0.141. The van der Waals surface area contributed by atoms with Crippen molar-refractivity contribution in [1.82, 2.24) is 9.80 Å². The highest BCUT2D eigenvalue weighted by molar-refractivity contribution is 5.87. The molecule has 2 amide bonds. The van der Waals surface area contributed by atoms with Crippen molar-refractivity contribution >= 4 is 23.4 Å². The molecule has 4 rings (SSSR count). The summed E-state index contributed by atoms with van der Waals surface area (Å²) in [6.07, 6.45) is -0.554. The fourth-order valence-corrected chi connectivity index (χ4v) is 4.34. The molecule has 31 heavy (non-hydrogen) atoms. The highest BCUT2D eigenvalue weighted by atomic mass is 16.6. The molecule has 0 aromatic heterocycles. The molecule has 2 N–H and O–H groups in total. The number of nitrogens with one attached hydrogen (secondary N) is 1. The van der Waals surface area contributed by atoms with E-state index in [0.717, 1.165) is 11.1 Å². The zero-order valence-electron chi connectivity index (χ0n) is 17.2. The summed E-state index contributed by atoms with van der Waals surface area (Å²) in [6, 6.07) is 13.4. The number of nitro benzene ring substituents is 1. The highest BCUT2D eigenvalue weighted by Crippen LogP contribution is 2.40. The van der Waals surface area contributed by atoms with Crippen molar-refractivity contribution in [3.8, 4) is 0 Å². The van der Waals surface area contributed by atoms with Crippen LogP contribution in [0.25, 0.3) is 0 Å². The molecular formula is C22H24N4O5. The summed E-state index contributed by atoms with van der Waals surface area (Å²) in [5.41, 5.74) is 2.12. The molecule has 2 aliphatic rings. The zero-order chi connectivity index (χ0) is 22.2. The molecule has 2 heterocycles. The Hall–Kier alpha value is -3.62. The third-order valence-electron chi connectivity index (χ3n) is 5.98. The topological polar surface area (TPSA) is 116 Å². The van der Waals surface area contributed by atoms with Crippen molar-refractivity contribution in [3.63, 3.8) is 0 Å². The molecule has 9 nitrogen and oxygen atoms in total. The minimum absolute atomic E-state index is 0.0830. The Balaban J connectivity index is 1.50. The van der Waals surface area contributed by atoms with E-state index in [-0.39, 0.29) is 17.0 Å². The standard InChI is InChI=1S/C22H24N4O5/c1-15-6-8-16(9-7-15)10-18(23-17-4-2-3-5-19(17)26(30)31)20(27)24-11-22(12-24)13-25(14-22)21(28)29/h2-9,18,23H,10-14H2,1H3,(H,28,29). The summed E-state index contributed by atoms with van der Waals surface area (Å²) in [7, 11) is 0. The summed E-state index contributed by atoms with van der Waals surface area (Å²) in [4.78, 5) is 38.3. The van der Waals surface area contributed by atoms with Gasteiger partial charge in [-0.05, 0) is 18.6 Å². The minimum Gasteiger partial charge on any atom is -0.465 e. The van der Waals surface area contributed by atoms with Crippen molar-refractivity contribution in [2.45, 2.75) is 19.4 Å². The van der Waals surface area contributed by atoms with Gasteiger partial charge in [-0.3, -0.25) is 14.9 Å². The summed E-state index contributed by atoms with van der Waals surface area (Å²) in [5, 5.41) is 23.5. The maximum atomic E-state index is 13.3. The van der Waals surface area contributed by atoms with Crippen molar-refractivity contribution in [2.75, 3.05) is 31.5 Å². The number of carbonyl (C=O) groups excluding carboxylic acids is 1. The SMILES string of the molecule is Cc1ccc(CC(Nc2ccccc2[N+](=O)[O-])C(=O)N2CC3(CN(C(=O)O)C3)C2)cc1. The van der Waals surface area contributed by atoms with Gasteiger partial charge in [0.2, 0.25) is 5.91 Å². The van der Waals surface area contributed by atoms with E-state index in [1.165, 1.54) is 11.0 Å². The Morgan fingerprint density at radius 1 is 1.10 bits per heavy atom. The van der Waals surface area contributed by atoms with Crippen LogP contribution in [0.3, 0.4) is 0 Å². The molecule has 0 saturated carbocycles. The number of carboxylic acid groups (broad SMARTS) is 1. The van der Waals surface area contributed by atoms with E-state index in [1.54, 1.807) is 23.1 Å². The van der Waals surface area contributed by atoms with Gasteiger partial charge in [-0.2, -0.15) is 0 Å². The van der Waals surface area contributed by atoms with Gasteiger partial charge in [-0.25, -0.2) is 4.79 Å². The lowest BCUT2D eigenvalue weighted by molar-refractivity contribution is -0.384. The molecule has 9 heteroatoms.